The lowest BCUT2D eigenvalue weighted by Gasteiger charge is -2.52. The lowest BCUT2D eigenvalue weighted by molar-refractivity contribution is -0.472. The van der Waals surface area contributed by atoms with E-state index < -0.39 is 18.1 Å². The maximum Gasteiger partial charge on any atom is 0.407 e. The van der Waals surface area contributed by atoms with Gasteiger partial charge in [0.05, 0.1) is 26.4 Å². The third kappa shape index (κ3) is 4.02. The van der Waals surface area contributed by atoms with Crippen molar-refractivity contribution in [1.82, 2.24) is 5.32 Å². The van der Waals surface area contributed by atoms with Gasteiger partial charge in [-0.25, -0.2) is 4.79 Å². The first-order valence-electron chi connectivity index (χ1n) is 7.95. The first-order valence-corrected chi connectivity index (χ1v) is 7.95. The third-order valence-electron chi connectivity index (χ3n) is 4.12. The van der Waals surface area contributed by atoms with Crippen LogP contribution in [0.3, 0.4) is 0 Å². The predicted molar refractivity (Wildman–Crippen MR) is 86.3 cm³/mol. The molecule has 4 rings (SSSR count). The van der Waals surface area contributed by atoms with E-state index in [4.69, 9.17) is 24.5 Å². The number of hydrogen-bond acceptors (Lipinski definition) is 6. The quantitative estimate of drug-likeness (QED) is 0.481. The summed E-state index contributed by atoms with van der Waals surface area (Å²) in [6.07, 6.45) is -0.675. The molecule has 2 bridgehead atoms. The number of nitrogens with zero attached hydrogens (tertiary/aromatic N) is 3. The molecule has 0 spiro atoms. The minimum Gasteiger partial charge on any atom is -0.445 e. The number of azide groups is 1. The molecule has 3 heterocycles. The fourth-order valence-electron chi connectivity index (χ4n) is 2.65. The van der Waals surface area contributed by atoms with E-state index >= 15 is 0 Å². The van der Waals surface area contributed by atoms with Gasteiger partial charge in [-0.1, -0.05) is 42.4 Å². The fraction of sp³-hybridized carbons (Fsp3) is 0.562. The summed E-state index contributed by atoms with van der Waals surface area (Å²) in [4.78, 5) is 14.9. The number of carbonyl (C=O) groups excluding carboxylic acids is 1. The summed E-state index contributed by atoms with van der Waals surface area (Å²) in [7, 11) is 0. The van der Waals surface area contributed by atoms with Crippen LogP contribution in [0, 0.1) is 5.41 Å². The summed E-state index contributed by atoms with van der Waals surface area (Å²) in [5.41, 5.74) is 9.25. The van der Waals surface area contributed by atoms with Crippen molar-refractivity contribution >= 4 is 6.09 Å². The summed E-state index contributed by atoms with van der Waals surface area (Å²) >= 11 is 0. The minimum absolute atomic E-state index is 0.0896. The molecule has 3 saturated heterocycles. The summed E-state index contributed by atoms with van der Waals surface area (Å²) in [6.45, 7) is 3.31. The zero-order valence-electron chi connectivity index (χ0n) is 13.9. The van der Waals surface area contributed by atoms with Crippen LogP contribution in [0.1, 0.15) is 12.5 Å². The number of nitrogens with one attached hydrogen (secondary N) is 1. The van der Waals surface area contributed by atoms with Crippen molar-refractivity contribution in [2.75, 3.05) is 26.4 Å². The lowest BCUT2D eigenvalue weighted by Crippen LogP contribution is -2.68. The minimum atomic E-state index is -1.46. The SMILES string of the molecule is CC12COC([C@H](CN=[N+]=[N-])NC(=O)OCc3ccccc3)(OC1)OC2. The molecule has 1 aromatic carbocycles. The molecule has 0 radical (unpaired) electrons. The maximum atomic E-state index is 12.1. The zero-order valence-corrected chi connectivity index (χ0v) is 13.9. The zero-order chi connectivity index (χ0) is 17.8. The molecular formula is C16H20N4O5. The molecule has 3 aliphatic heterocycles. The average Bonchev–Trinajstić information content (AvgIpc) is 2.65. The maximum absolute atomic E-state index is 12.1. The number of carbonyl (C=O) groups is 1. The van der Waals surface area contributed by atoms with Crippen molar-refractivity contribution in [2.45, 2.75) is 25.5 Å². The smallest absolute Gasteiger partial charge is 0.407 e. The molecule has 0 aliphatic carbocycles. The molecule has 25 heavy (non-hydrogen) atoms. The highest BCUT2D eigenvalue weighted by Crippen LogP contribution is 2.39. The first kappa shape index (κ1) is 17.5. The molecule has 1 N–H and O–H groups in total. The Balaban J connectivity index is 1.62. The van der Waals surface area contributed by atoms with E-state index in [1.807, 2.05) is 37.3 Å². The van der Waals surface area contributed by atoms with E-state index in [1.165, 1.54) is 0 Å². The van der Waals surface area contributed by atoms with Crippen LogP contribution in [0.5, 0.6) is 0 Å². The second-order valence-corrected chi connectivity index (χ2v) is 6.45. The Hall–Kier alpha value is -2.32. The average molecular weight is 348 g/mol. The van der Waals surface area contributed by atoms with Crippen LogP contribution in [0.4, 0.5) is 4.79 Å². The molecule has 0 saturated carbocycles. The van der Waals surface area contributed by atoms with Gasteiger partial charge in [-0.15, -0.1) is 0 Å². The number of amides is 1. The highest BCUT2D eigenvalue weighted by Gasteiger charge is 2.55. The Morgan fingerprint density at radius 3 is 2.56 bits per heavy atom. The van der Waals surface area contributed by atoms with Crippen LogP contribution in [0.25, 0.3) is 10.4 Å². The van der Waals surface area contributed by atoms with Gasteiger partial charge in [0, 0.05) is 10.3 Å². The highest BCUT2D eigenvalue weighted by molar-refractivity contribution is 5.67. The number of rotatable bonds is 6. The van der Waals surface area contributed by atoms with Gasteiger partial charge in [0.25, 0.3) is 0 Å². The molecule has 9 heteroatoms. The number of hydrogen-bond donors (Lipinski definition) is 1. The molecule has 3 fully saturated rings. The Kier molecular flexibility index (Phi) is 5.10. The van der Waals surface area contributed by atoms with Crippen molar-refractivity contribution in [2.24, 2.45) is 10.5 Å². The number of benzene rings is 1. The van der Waals surface area contributed by atoms with E-state index in [9.17, 15) is 4.79 Å². The normalized spacial score (nSPS) is 28.7. The van der Waals surface area contributed by atoms with Gasteiger partial charge in [0.15, 0.2) is 0 Å². The number of ether oxygens (including phenoxy) is 4. The molecule has 0 aromatic heterocycles. The largest absolute Gasteiger partial charge is 0.445 e. The van der Waals surface area contributed by atoms with Crippen molar-refractivity contribution in [3.05, 3.63) is 46.3 Å². The Morgan fingerprint density at radius 1 is 1.32 bits per heavy atom. The van der Waals surface area contributed by atoms with Gasteiger partial charge in [-0.2, -0.15) is 0 Å². The molecule has 3 aliphatic rings. The summed E-state index contributed by atoms with van der Waals surface area (Å²) in [5, 5.41) is 6.14. The lowest BCUT2D eigenvalue weighted by atomic mass is 9.91. The second kappa shape index (κ2) is 7.28. The van der Waals surface area contributed by atoms with E-state index in [1.54, 1.807) is 0 Å². The van der Waals surface area contributed by atoms with E-state index in [0.717, 1.165) is 5.56 Å². The van der Waals surface area contributed by atoms with Crippen LogP contribution in [-0.2, 0) is 25.6 Å². The fourth-order valence-corrected chi connectivity index (χ4v) is 2.65. The standard InChI is InChI=1S/C16H20N4O5/c1-15-9-23-16(24-10-15,25-11-15)13(7-18-20-17)19-14(21)22-8-12-5-3-2-4-6-12/h2-6,13H,7-11H2,1H3,(H,19,21)/t13-,15?,16?/m0/s1. The van der Waals surface area contributed by atoms with Gasteiger partial charge in [0.2, 0.25) is 0 Å². The topological polar surface area (TPSA) is 115 Å². The van der Waals surface area contributed by atoms with Crippen LogP contribution < -0.4 is 5.32 Å². The molecule has 1 amide bonds. The summed E-state index contributed by atoms with van der Waals surface area (Å²) in [5.74, 6) is -1.46. The monoisotopic (exact) mass is 348 g/mol. The molecule has 134 valence electrons. The number of fused-ring (bicyclic) bond motifs is 3. The molecular weight excluding hydrogens is 328 g/mol. The third-order valence-corrected chi connectivity index (χ3v) is 4.12. The summed E-state index contributed by atoms with van der Waals surface area (Å²) in [6, 6.07) is 8.47. The Bertz CT molecular complexity index is 637. The van der Waals surface area contributed by atoms with Gasteiger partial charge in [-0.3, -0.25) is 0 Å². The van der Waals surface area contributed by atoms with Crippen LogP contribution in [0.15, 0.2) is 35.4 Å². The van der Waals surface area contributed by atoms with E-state index in [-0.39, 0.29) is 18.6 Å². The van der Waals surface area contributed by atoms with Gasteiger partial charge >= 0.3 is 12.1 Å². The predicted octanol–water partition coefficient (Wildman–Crippen LogP) is 2.33. The Labute approximate surface area is 144 Å². The van der Waals surface area contributed by atoms with Gasteiger partial charge < -0.3 is 24.3 Å². The van der Waals surface area contributed by atoms with Crippen LogP contribution in [0.2, 0.25) is 0 Å². The molecule has 1 atom stereocenters. The molecule has 0 unspecified atom stereocenters. The van der Waals surface area contributed by atoms with E-state index in [2.05, 4.69) is 15.3 Å². The highest BCUT2D eigenvalue weighted by atomic mass is 16.9. The molecule has 1 aromatic rings. The van der Waals surface area contributed by atoms with E-state index in [0.29, 0.717) is 19.8 Å². The second-order valence-electron chi connectivity index (χ2n) is 6.45. The van der Waals surface area contributed by atoms with Gasteiger partial charge in [0.1, 0.15) is 12.6 Å². The van der Waals surface area contributed by atoms with Crippen molar-refractivity contribution < 1.29 is 23.7 Å². The first-order chi connectivity index (χ1) is 12.1. The Morgan fingerprint density at radius 2 is 1.96 bits per heavy atom. The van der Waals surface area contributed by atoms with Crippen LogP contribution in [-0.4, -0.2) is 44.5 Å². The number of alkyl carbamates (subject to hydrolysis) is 1. The van der Waals surface area contributed by atoms with Gasteiger partial charge in [-0.05, 0) is 11.1 Å². The molecule has 9 nitrogen and oxygen atoms in total. The van der Waals surface area contributed by atoms with Crippen molar-refractivity contribution in [3.8, 4) is 0 Å². The van der Waals surface area contributed by atoms with Crippen molar-refractivity contribution in [1.29, 1.82) is 0 Å². The van der Waals surface area contributed by atoms with Crippen molar-refractivity contribution in [3.63, 3.8) is 0 Å². The van der Waals surface area contributed by atoms with Crippen LogP contribution >= 0.6 is 0 Å². The summed E-state index contributed by atoms with van der Waals surface area (Å²) < 4.78 is 22.3.